The summed E-state index contributed by atoms with van der Waals surface area (Å²) < 4.78 is 28.7. The van der Waals surface area contributed by atoms with E-state index in [2.05, 4.69) is 25.3 Å². The Morgan fingerprint density at radius 2 is 2.18 bits per heavy atom. The van der Waals surface area contributed by atoms with Crippen molar-refractivity contribution >= 4 is 33.0 Å². The largest absolute Gasteiger partial charge is 0.438 e. The molecule has 1 aromatic carbocycles. The minimum Gasteiger partial charge on any atom is -0.438 e. The van der Waals surface area contributed by atoms with Gasteiger partial charge in [0.25, 0.3) is 0 Å². The van der Waals surface area contributed by atoms with Crippen LogP contribution in [-0.2, 0) is 34.0 Å². The Labute approximate surface area is 191 Å². The highest BCUT2D eigenvalue weighted by Gasteiger charge is 2.29. The first-order chi connectivity index (χ1) is 15.9. The molecule has 1 aliphatic heterocycles. The maximum atomic E-state index is 12.7. The molecule has 1 unspecified atom stereocenters. The molecule has 1 atom stereocenters. The second-order valence-electron chi connectivity index (χ2n) is 8.63. The molecular formula is C23H25N5O4S. The number of H-pyrrole nitrogens is 1. The highest BCUT2D eigenvalue weighted by atomic mass is 32.2. The number of carbonyl (C=O) groups excluding carboxylic acids is 1. The fourth-order valence-corrected chi connectivity index (χ4v) is 5.13. The van der Waals surface area contributed by atoms with E-state index in [-0.39, 0.29) is 17.6 Å². The number of benzene rings is 1. The summed E-state index contributed by atoms with van der Waals surface area (Å²) in [6.07, 6.45) is 6.91. The second-order valence-corrected chi connectivity index (χ2v) is 10.9. The van der Waals surface area contributed by atoms with Gasteiger partial charge in [-0.3, -0.25) is 9.79 Å². The third-order valence-electron chi connectivity index (χ3n) is 6.13. The zero-order valence-corrected chi connectivity index (χ0v) is 19.1. The summed E-state index contributed by atoms with van der Waals surface area (Å²) in [5, 5.41) is 3.69. The van der Waals surface area contributed by atoms with E-state index in [4.69, 9.17) is 4.74 Å². The van der Waals surface area contributed by atoms with Gasteiger partial charge in [0, 0.05) is 36.2 Å². The van der Waals surface area contributed by atoms with Crippen LogP contribution in [0.1, 0.15) is 35.2 Å². The maximum absolute atomic E-state index is 12.7. The Morgan fingerprint density at radius 3 is 3.03 bits per heavy atom. The predicted octanol–water partition coefficient (Wildman–Crippen LogP) is 2.34. The van der Waals surface area contributed by atoms with Crippen LogP contribution in [0, 0.1) is 5.92 Å². The minimum atomic E-state index is -3.03. The van der Waals surface area contributed by atoms with Crippen molar-refractivity contribution in [3.8, 4) is 11.6 Å². The Hall–Kier alpha value is -3.27. The molecule has 10 heteroatoms. The molecule has 0 saturated carbocycles. The number of aryl methyl sites for hydroxylation is 1. The first-order valence-electron chi connectivity index (χ1n) is 11.0. The van der Waals surface area contributed by atoms with E-state index in [1.165, 1.54) is 18.1 Å². The van der Waals surface area contributed by atoms with Gasteiger partial charge >= 0.3 is 0 Å². The SMILES string of the molecule is CS(=O)(=O)CCCNC(=O)C1CCc2[nH]c3ncnc(Oc4ccc5c(c4)C=NC5)c3c2C1. The molecule has 172 valence electrons. The number of nitrogens with one attached hydrogen (secondary N) is 2. The normalized spacial score (nSPS) is 17.1. The molecule has 1 amide bonds. The zero-order chi connectivity index (χ0) is 23.0. The number of amides is 1. The van der Waals surface area contributed by atoms with Crippen LogP contribution in [0.25, 0.3) is 11.0 Å². The molecule has 9 nitrogen and oxygen atoms in total. The summed E-state index contributed by atoms with van der Waals surface area (Å²) >= 11 is 0. The molecule has 2 N–H and O–H groups in total. The third-order valence-corrected chi connectivity index (χ3v) is 7.16. The summed E-state index contributed by atoms with van der Waals surface area (Å²) in [5.74, 6) is 0.950. The van der Waals surface area contributed by atoms with Crippen molar-refractivity contribution in [2.75, 3.05) is 18.6 Å². The first-order valence-corrected chi connectivity index (χ1v) is 13.0. The number of carbonyl (C=O) groups is 1. The molecule has 3 aromatic rings. The van der Waals surface area contributed by atoms with Crippen LogP contribution in [0.4, 0.5) is 0 Å². The average Bonchev–Trinajstić information content (AvgIpc) is 3.39. The molecule has 0 radical (unpaired) electrons. The van der Waals surface area contributed by atoms with Gasteiger partial charge in [-0.15, -0.1) is 0 Å². The number of hydrogen-bond donors (Lipinski definition) is 2. The predicted molar refractivity (Wildman–Crippen MR) is 125 cm³/mol. The van der Waals surface area contributed by atoms with Gasteiger partial charge < -0.3 is 15.0 Å². The lowest BCUT2D eigenvalue weighted by Gasteiger charge is -2.22. The fourth-order valence-electron chi connectivity index (χ4n) is 4.46. The second kappa shape index (κ2) is 8.58. The van der Waals surface area contributed by atoms with Crippen molar-refractivity contribution in [3.63, 3.8) is 0 Å². The van der Waals surface area contributed by atoms with Crippen LogP contribution in [0.2, 0.25) is 0 Å². The molecular weight excluding hydrogens is 442 g/mol. The Balaban J connectivity index is 1.35. The quantitative estimate of drug-likeness (QED) is 0.514. The third kappa shape index (κ3) is 4.61. The standard InChI is InChI=1S/C23H25N5O4S/c1-33(30,31)8-2-7-25-22(29)14-4-6-19-18(10-14)20-21(28-19)26-13-27-23(20)32-17-5-3-15-11-24-12-16(15)9-17/h3,5,9,12-14H,2,4,6-8,10-11H2,1H3,(H,25,29)(H,26,27,28). The van der Waals surface area contributed by atoms with E-state index in [0.29, 0.717) is 49.6 Å². The monoisotopic (exact) mass is 467 g/mol. The molecule has 0 bridgehead atoms. The summed E-state index contributed by atoms with van der Waals surface area (Å²) in [6.45, 7) is 1.04. The zero-order valence-electron chi connectivity index (χ0n) is 18.3. The van der Waals surface area contributed by atoms with Gasteiger partial charge in [0.05, 0.1) is 17.7 Å². The van der Waals surface area contributed by atoms with Crippen LogP contribution < -0.4 is 10.1 Å². The molecule has 0 fully saturated rings. The summed E-state index contributed by atoms with van der Waals surface area (Å²) in [4.78, 5) is 29.1. The summed E-state index contributed by atoms with van der Waals surface area (Å²) in [5.41, 5.74) is 4.96. The van der Waals surface area contributed by atoms with Gasteiger partial charge in [-0.05, 0) is 48.9 Å². The molecule has 5 rings (SSSR count). The lowest BCUT2D eigenvalue weighted by molar-refractivity contribution is -0.125. The van der Waals surface area contributed by atoms with Gasteiger partial charge in [0.2, 0.25) is 11.8 Å². The number of nitrogens with zero attached hydrogens (tertiary/aromatic N) is 3. The van der Waals surface area contributed by atoms with Crippen molar-refractivity contribution in [1.29, 1.82) is 0 Å². The Morgan fingerprint density at radius 1 is 1.30 bits per heavy atom. The number of aliphatic imine (C=N–C) groups is 1. The Kier molecular flexibility index (Phi) is 5.61. The van der Waals surface area contributed by atoms with Gasteiger partial charge in [0.1, 0.15) is 27.6 Å². The van der Waals surface area contributed by atoms with Gasteiger partial charge in [-0.25, -0.2) is 18.4 Å². The van der Waals surface area contributed by atoms with Gasteiger partial charge in [-0.1, -0.05) is 6.07 Å². The maximum Gasteiger partial charge on any atom is 0.232 e. The van der Waals surface area contributed by atoms with Crippen molar-refractivity contribution in [3.05, 3.63) is 46.9 Å². The number of aromatic amines is 1. The van der Waals surface area contributed by atoms with Crippen LogP contribution in [0.15, 0.2) is 29.5 Å². The summed E-state index contributed by atoms with van der Waals surface area (Å²) in [7, 11) is -3.03. The number of sulfone groups is 1. The number of rotatable bonds is 7. The smallest absolute Gasteiger partial charge is 0.232 e. The van der Waals surface area contributed by atoms with Crippen molar-refractivity contribution < 1.29 is 17.9 Å². The van der Waals surface area contributed by atoms with Crippen LogP contribution in [-0.4, -0.2) is 54.0 Å². The number of hydrogen-bond acceptors (Lipinski definition) is 7. The molecule has 0 spiro atoms. The van der Waals surface area contributed by atoms with Crippen molar-refractivity contribution in [2.45, 2.75) is 32.2 Å². The van der Waals surface area contributed by atoms with E-state index in [1.54, 1.807) is 0 Å². The molecule has 2 aromatic heterocycles. The number of ether oxygens (including phenoxy) is 1. The van der Waals surface area contributed by atoms with Gasteiger partial charge in [-0.2, -0.15) is 0 Å². The molecule has 3 heterocycles. The molecule has 0 saturated heterocycles. The van der Waals surface area contributed by atoms with E-state index in [1.807, 2.05) is 24.4 Å². The first kappa shape index (κ1) is 21.6. The molecule has 33 heavy (non-hydrogen) atoms. The van der Waals surface area contributed by atoms with Crippen molar-refractivity contribution in [2.24, 2.45) is 10.9 Å². The van der Waals surface area contributed by atoms with Gasteiger partial charge in [0.15, 0.2) is 0 Å². The highest BCUT2D eigenvalue weighted by Crippen LogP contribution is 2.37. The van der Waals surface area contributed by atoms with E-state index < -0.39 is 9.84 Å². The van der Waals surface area contributed by atoms with Crippen LogP contribution in [0.3, 0.4) is 0 Å². The number of aromatic nitrogens is 3. The van der Waals surface area contributed by atoms with Crippen LogP contribution in [0.5, 0.6) is 11.6 Å². The van der Waals surface area contributed by atoms with E-state index in [0.717, 1.165) is 28.6 Å². The fraction of sp³-hybridized carbons (Fsp3) is 0.391. The highest BCUT2D eigenvalue weighted by molar-refractivity contribution is 7.90. The van der Waals surface area contributed by atoms with E-state index in [9.17, 15) is 13.2 Å². The number of fused-ring (bicyclic) bond motifs is 4. The van der Waals surface area contributed by atoms with E-state index >= 15 is 0 Å². The lowest BCUT2D eigenvalue weighted by atomic mass is 9.86. The van der Waals surface area contributed by atoms with Crippen molar-refractivity contribution in [1.82, 2.24) is 20.3 Å². The summed E-state index contributed by atoms with van der Waals surface area (Å²) in [6, 6.07) is 5.87. The lowest BCUT2D eigenvalue weighted by Crippen LogP contribution is -2.35. The average molecular weight is 468 g/mol. The minimum absolute atomic E-state index is 0.0549. The van der Waals surface area contributed by atoms with Crippen LogP contribution >= 0.6 is 0 Å². The topological polar surface area (TPSA) is 126 Å². The Bertz CT molecular complexity index is 1360. The molecule has 2 aliphatic rings. The molecule has 1 aliphatic carbocycles.